The smallest absolute Gasteiger partial charge is 0.332 e. The van der Waals surface area contributed by atoms with E-state index in [1.54, 1.807) is 11.4 Å². The number of carbonyl (C=O) groups excluding carboxylic acids is 1. The molecule has 1 unspecified atom stereocenters. The molecule has 31 heavy (non-hydrogen) atoms. The molecule has 1 aromatic carbocycles. The number of imidazole rings is 1. The molecule has 9 nitrogen and oxygen atoms in total. The maximum Gasteiger partial charge on any atom is 0.332 e. The van der Waals surface area contributed by atoms with Gasteiger partial charge >= 0.3 is 11.9 Å². The number of thiophene rings is 1. The normalized spacial score (nSPS) is 12.7. The van der Waals surface area contributed by atoms with Gasteiger partial charge in [0.15, 0.2) is 12.1 Å². The van der Waals surface area contributed by atoms with Crippen LogP contribution >= 0.6 is 11.3 Å². The highest BCUT2D eigenvalue weighted by Gasteiger charge is 2.28. The minimum atomic E-state index is -4.12. The second kappa shape index (κ2) is 9.20. The number of hydrogen-bond donors (Lipinski definition) is 2. The van der Waals surface area contributed by atoms with Crippen LogP contribution in [0.4, 0.5) is 4.39 Å². The molecule has 2 N–H and O–H groups in total. The molecular formula is C19H16FN3O6S2. The van der Waals surface area contributed by atoms with E-state index >= 15 is 0 Å². The third-order valence-electron chi connectivity index (χ3n) is 3.94. The molecule has 3 rings (SSSR count). The van der Waals surface area contributed by atoms with Gasteiger partial charge in [0.05, 0.1) is 5.56 Å². The van der Waals surface area contributed by atoms with E-state index in [0.717, 1.165) is 27.6 Å². The Morgan fingerprint density at radius 1 is 1.26 bits per heavy atom. The number of carboxylic acid groups (broad SMARTS) is 1. The lowest BCUT2D eigenvalue weighted by atomic mass is 10.2. The Labute approximate surface area is 180 Å². The highest BCUT2D eigenvalue weighted by molar-refractivity contribution is 7.92. The zero-order valence-corrected chi connectivity index (χ0v) is 17.6. The molecule has 0 spiro atoms. The first-order valence-electron chi connectivity index (χ1n) is 8.66. The standard InChI is InChI=1S/C19H16FN3O6S2/c1-21-19(29-16(26)9-8-15(24)25)14-11-23(31(27,28)17-7-4-10-30-17)18(22-14)12-5-2-3-6-13(12)20/h2-11,19,21H,1H3,(H,24,25)/b9-8+. The SMILES string of the molecule is CNC(OC(=O)/C=C/C(=O)O)c1cn(S(=O)(=O)c2cccs2)c(-c2ccccc2F)n1. The summed E-state index contributed by atoms with van der Waals surface area (Å²) in [4.78, 5) is 26.6. The Balaban J connectivity index is 2.10. The summed E-state index contributed by atoms with van der Waals surface area (Å²) in [6.45, 7) is 0. The number of aromatic nitrogens is 2. The van der Waals surface area contributed by atoms with Gasteiger partial charge in [0.25, 0.3) is 10.0 Å². The molecule has 0 radical (unpaired) electrons. The van der Waals surface area contributed by atoms with Crippen LogP contribution in [0.2, 0.25) is 0 Å². The van der Waals surface area contributed by atoms with E-state index in [4.69, 9.17) is 9.84 Å². The van der Waals surface area contributed by atoms with Crippen LogP contribution in [0.3, 0.4) is 0 Å². The van der Waals surface area contributed by atoms with Crippen LogP contribution in [0, 0.1) is 5.82 Å². The van der Waals surface area contributed by atoms with E-state index in [1.165, 1.54) is 31.3 Å². The zero-order chi connectivity index (χ0) is 22.6. The molecule has 1 atom stereocenters. The van der Waals surface area contributed by atoms with Gasteiger partial charge in [-0.05, 0) is 30.6 Å². The second-order valence-corrected chi connectivity index (χ2v) is 8.97. The van der Waals surface area contributed by atoms with Gasteiger partial charge in [-0.2, -0.15) is 8.42 Å². The monoisotopic (exact) mass is 465 g/mol. The summed E-state index contributed by atoms with van der Waals surface area (Å²) in [5.74, 6) is -3.24. The van der Waals surface area contributed by atoms with Gasteiger partial charge in [-0.3, -0.25) is 5.32 Å². The second-order valence-electron chi connectivity index (χ2n) is 5.98. The Hall–Kier alpha value is -3.35. The van der Waals surface area contributed by atoms with E-state index in [9.17, 15) is 22.4 Å². The van der Waals surface area contributed by atoms with Gasteiger partial charge in [0, 0.05) is 18.3 Å². The summed E-state index contributed by atoms with van der Waals surface area (Å²) in [6, 6.07) is 8.48. The lowest BCUT2D eigenvalue weighted by molar-refractivity contribution is -0.145. The number of nitrogens with one attached hydrogen (secondary N) is 1. The quantitative estimate of drug-likeness (QED) is 0.295. The minimum Gasteiger partial charge on any atom is -0.478 e. The van der Waals surface area contributed by atoms with Gasteiger partial charge in [-0.25, -0.2) is 22.9 Å². The summed E-state index contributed by atoms with van der Waals surface area (Å²) in [5, 5.41) is 12.8. The molecule has 0 aliphatic heterocycles. The highest BCUT2D eigenvalue weighted by Crippen LogP contribution is 2.30. The van der Waals surface area contributed by atoms with E-state index in [1.807, 2.05) is 0 Å². The average molecular weight is 465 g/mol. The summed E-state index contributed by atoms with van der Waals surface area (Å²) < 4.78 is 46.7. The molecule has 0 fully saturated rings. The fourth-order valence-corrected chi connectivity index (χ4v) is 4.98. The number of carbonyl (C=O) groups is 2. The van der Waals surface area contributed by atoms with Crippen molar-refractivity contribution in [1.82, 2.24) is 14.3 Å². The van der Waals surface area contributed by atoms with Crippen molar-refractivity contribution in [1.29, 1.82) is 0 Å². The van der Waals surface area contributed by atoms with Gasteiger partial charge in [-0.1, -0.05) is 18.2 Å². The maximum atomic E-state index is 14.5. The fraction of sp³-hybridized carbons (Fsp3) is 0.105. The summed E-state index contributed by atoms with van der Waals surface area (Å²) in [7, 11) is -2.69. The van der Waals surface area contributed by atoms with E-state index in [2.05, 4.69) is 10.3 Å². The van der Waals surface area contributed by atoms with Crippen LogP contribution in [0.1, 0.15) is 11.9 Å². The van der Waals surface area contributed by atoms with Gasteiger partial charge in [0.2, 0.25) is 0 Å². The number of hydrogen-bond acceptors (Lipinski definition) is 8. The molecule has 2 aromatic heterocycles. The Bertz CT molecular complexity index is 1240. The van der Waals surface area contributed by atoms with Crippen LogP contribution < -0.4 is 5.32 Å². The van der Waals surface area contributed by atoms with E-state index in [-0.39, 0.29) is 21.3 Å². The molecule has 0 aliphatic carbocycles. The highest BCUT2D eigenvalue weighted by atomic mass is 32.2. The molecule has 162 valence electrons. The summed E-state index contributed by atoms with van der Waals surface area (Å²) in [5.41, 5.74) is -0.0983. The molecule has 0 saturated carbocycles. The van der Waals surface area contributed by atoms with Crippen molar-refractivity contribution in [3.63, 3.8) is 0 Å². The predicted molar refractivity (Wildman–Crippen MR) is 109 cm³/mol. The largest absolute Gasteiger partial charge is 0.478 e. The molecule has 12 heteroatoms. The number of rotatable bonds is 8. The summed E-state index contributed by atoms with van der Waals surface area (Å²) in [6.07, 6.45) is 1.19. The molecule has 0 aliphatic rings. The third-order valence-corrected chi connectivity index (χ3v) is 6.97. The van der Waals surface area contributed by atoms with Crippen molar-refractivity contribution in [2.75, 3.05) is 7.05 Å². The first kappa shape index (κ1) is 22.3. The number of benzene rings is 1. The lowest BCUT2D eigenvalue weighted by Gasteiger charge is -2.13. The topological polar surface area (TPSA) is 128 Å². The molecule has 3 aromatic rings. The number of ether oxygens (including phenoxy) is 1. The van der Waals surface area contributed by atoms with Crippen LogP contribution in [0.5, 0.6) is 0 Å². The number of carboxylic acids is 1. The number of halogens is 1. The van der Waals surface area contributed by atoms with Crippen LogP contribution in [0.15, 0.2) is 64.3 Å². The first-order chi connectivity index (χ1) is 14.7. The molecular weight excluding hydrogens is 449 g/mol. The van der Waals surface area contributed by atoms with Crippen molar-refractivity contribution in [3.05, 3.63) is 71.6 Å². The van der Waals surface area contributed by atoms with Crippen LogP contribution in [0.25, 0.3) is 11.4 Å². The molecule has 0 saturated heterocycles. The zero-order valence-electron chi connectivity index (χ0n) is 15.9. The van der Waals surface area contributed by atoms with Crippen molar-refractivity contribution in [2.45, 2.75) is 10.4 Å². The molecule has 0 amide bonds. The number of esters is 1. The fourth-order valence-electron chi connectivity index (χ4n) is 2.58. The Kier molecular flexibility index (Phi) is 6.63. The van der Waals surface area contributed by atoms with Crippen molar-refractivity contribution in [2.24, 2.45) is 0 Å². The van der Waals surface area contributed by atoms with Crippen LogP contribution in [-0.4, -0.2) is 41.5 Å². The van der Waals surface area contributed by atoms with Crippen molar-refractivity contribution in [3.8, 4) is 11.4 Å². The van der Waals surface area contributed by atoms with E-state index < -0.39 is 34.0 Å². The maximum absolute atomic E-state index is 14.5. The number of aliphatic carboxylic acids is 1. The van der Waals surface area contributed by atoms with Crippen molar-refractivity contribution >= 4 is 33.3 Å². The molecule has 0 bridgehead atoms. The molecule has 2 heterocycles. The Morgan fingerprint density at radius 2 is 2.00 bits per heavy atom. The van der Waals surface area contributed by atoms with Crippen molar-refractivity contribution < 1.29 is 32.2 Å². The van der Waals surface area contributed by atoms with Crippen LogP contribution in [-0.2, 0) is 24.3 Å². The number of nitrogens with zero attached hydrogens (tertiary/aromatic N) is 2. The summed E-state index contributed by atoms with van der Waals surface area (Å²) >= 11 is 0.980. The third kappa shape index (κ3) is 4.87. The van der Waals surface area contributed by atoms with Gasteiger partial charge in [-0.15, -0.1) is 11.3 Å². The predicted octanol–water partition coefficient (Wildman–Crippen LogP) is 2.39. The van der Waals surface area contributed by atoms with Gasteiger partial charge < -0.3 is 9.84 Å². The van der Waals surface area contributed by atoms with E-state index in [0.29, 0.717) is 12.2 Å². The Morgan fingerprint density at radius 3 is 2.61 bits per heavy atom. The first-order valence-corrected chi connectivity index (χ1v) is 11.0. The lowest BCUT2D eigenvalue weighted by Crippen LogP contribution is -2.22. The average Bonchev–Trinajstić information content (AvgIpc) is 3.41. The minimum absolute atomic E-state index is 0.0106. The van der Waals surface area contributed by atoms with Gasteiger partial charge in [0.1, 0.15) is 15.7 Å².